The van der Waals surface area contributed by atoms with Crippen molar-refractivity contribution in [2.45, 2.75) is 77.2 Å². The first kappa shape index (κ1) is 16.1. The molecule has 0 aromatic carbocycles. The normalized spacial score (nSPS) is 54.4. The average molecular weight is 320 g/mol. The van der Waals surface area contributed by atoms with Crippen LogP contribution in [-0.2, 0) is 0 Å². The van der Waals surface area contributed by atoms with Gasteiger partial charge in [-0.3, -0.25) is 0 Å². The lowest BCUT2D eigenvalue weighted by atomic mass is 9.49. The molecule has 0 aromatic rings. The zero-order chi connectivity index (χ0) is 16.2. The number of rotatable bonds is 1. The van der Waals surface area contributed by atoms with Crippen LogP contribution in [0.1, 0.15) is 71.6 Å². The van der Waals surface area contributed by atoms with Gasteiger partial charge in [0.25, 0.3) is 0 Å². The van der Waals surface area contributed by atoms with Gasteiger partial charge in [-0.05, 0) is 99.7 Å². The van der Waals surface area contributed by atoms with E-state index >= 15 is 0 Å². The molecule has 0 bridgehead atoms. The molecule has 0 spiro atoms. The van der Waals surface area contributed by atoms with Crippen LogP contribution < -0.4 is 0 Å². The lowest BCUT2D eigenvalue weighted by molar-refractivity contribution is -0.104. The summed E-state index contributed by atoms with van der Waals surface area (Å²) >= 11 is 0. The van der Waals surface area contributed by atoms with Gasteiger partial charge < -0.3 is 5.11 Å². The van der Waals surface area contributed by atoms with Crippen LogP contribution in [0, 0.1) is 35.0 Å². The second kappa shape index (κ2) is 5.58. The highest BCUT2D eigenvalue weighted by Crippen LogP contribution is 2.64. The summed E-state index contributed by atoms with van der Waals surface area (Å²) in [4.78, 5) is 0. The number of alkyl halides is 1. The zero-order valence-electron chi connectivity index (χ0n) is 14.9. The first-order valence-corrected chi connectivity index (χ1v) is 9.95. The molecule has 4 rings (SSSR count). The van der Waals surface area contributed by atoms with E-state index in [1.807, 2.05) is 0 Å². The lowest BCUT2D eigenvalue weighted by Crippen LogP contribution is -2.50. The average Bonchev–Trinajstić information content (AvgIpc) is 2.90. The van der Waals surface area contributed by atoms with Gasteiger partial charge in [0, 0.05) is 0 Å². The third-order valence-corrected chi connectivity index (χ3v) is 8.55. The summed E-state index contributed by atoms with van der Waals surface area (Å²) in [6.07, 6.45) is 12.9. The van der Waals surface area contributed by atoms with Crippen molar-refractivity contribution in [2.24, 2.45) is 35.0 Å². The molecule has 0 unspecified atom stereocenters. The van der Waals surface area contributed by atoms with Gasteiger partial charge in [0.1, 0.15) is 6.67 Å². The van der Waals surface area contributed by atoms with Crippen molar-refractivity contribution in [3.05, 3.63) is 11.6 Å². The third-order valence-electron chi connectivity index (χ3n) is 8.55. The van der Waals surface area contributed by atoms with Crippen LogP contribution >= 0.6 is 0 Å². The molecule has 4 fully saturated rings. The van der Waals surface area contributed by atoms with Crippen LogP contribution in [0.2, 0.25) is 0 Å². The number of halogens is 1. The van der Waals surface area contributed by atoms with Crippen molar-refractivity contribution in [3.63, 3.8) is 0 Å². The largest absolute Gasteiger partial charge is 0.387 e. The second-order valence-corrected chi connectivity index (χ2v) is 9.34. The first-order chi connectivity index (χ1) is 11.0. The van der Waals surface area contributed by atoms with Crippen molar-refractivity contribution < 1.29 is 9.50 Å². The molecule has 130 valence electrons. The highest BCUT2D eigenvalue weighted by atomic mass is 19.1. The molecule has 0 aromatic heterocycles. The van der Waals surface area contributed by atoms with E-state index in [2.05, 4.69) is 19.9 Å². The zero-order valence-corrected chi connectivity index (χ0v) is 14.9. The van der Waals surface area contributed by atoms with E-state index in [0.29, 0.717) is 17.8 Å². The molecule has 0 radical (unpaired) electrons. The maximum absolute atomic E-state index is 13.2. The molecule has 2 heteroatoms. The Morgan fingerprint density at radius 3 is 2.61 bits per heavy atom. The van der Waals surface area contributed by atoms with Crippen LogP contribution in [0.5, 0.6) is 0 Å². The van der Waals surface area contributed by atoms with E-state index in [1.54, 1.807) is 5.57 Å². The van der Waals surface area contributed by atoms with Gasteiger partial charge in [0.2, 0.25) is 0 Å². The molecule has 4 saturated carbocycles. The van der Waals surface area contributed by atoms with E-state index in [-0.39, 0.29) is 0 Å². The Morgan fingerprint density at radius 2 is 1.87 bits per heavy atom. The van der Waals surface area contributed by atoms with Crippen LogP contribution in [0.4, 0.5) is 4.39 Å². The predicted molar refractivity (Wildman–Crippen MR) is 91.8 cm³/mol. The Kier molecular flexibility index (Phi) is 3.91. The van der Waals surface area contributed by atoms with Crippen molar-refractivity contribution in [2.75, 3.05) is 6.67 Å². The molecular weight excluding hydrogens is 287 g/mol. The molecule has 0 heterocycles. The Bertz CT molecular complexity index is 500. The Morgan fingerprint density at radius 1 is 1.09 bits per heavy atom. The van der Waals surface area contributed by atoms with Crippen molar-refractivity contribution in [1.82, 2.24) is 0 Å². The number of fused-ring (bicyclic) bond motifs is 5. The van der Waals surface area contributed by atoms with E-state index in [0.717, 1.165) is 36.5 Å². The maximum Gasteiger partial charge on any atom is 0.118 e. The van der Waals surface area contributed by atoms with E-state index in [4.69, 9.17) is 0 Å². The molecule has 0 amide bonds. The second-order valence-electron chi connectivity index (χ2n) is 9.34. The molecular formula is C21H33FO. The van der Waals surface area contributed by atoms with Crippen molar-refractivity contribution >= 4 is 0 Å². The first-order valence-electron chi connectivity index (χ1n) is 9.95. The SMILES string of the molecule is C/C=C1/CC[C@H]2[C@@H]3CC[C@H]4C[C@@](O)(CF)CC[C@@H]4[C@H]3CC[C@]12C. The Hall–Kier alpha value is -0.370. The molecule has 7 atom stereocenters. The lowest BCUT2D eigenvalue weighted by Gasteiger charge is -2.56. The van der Waals surface area contributed by atoms with E-state index < -0.39 is 12.3 Å². The summed E-state index contributed by atoms with van der Waals surface area (Å²) in [6.45, 7) is 4.21. The number of allylic oxidation sites excluding steroid dienone is 2. The maximum atomic E-state index is 13.2. The van der Waals surface area contributed by atoms with Crippen LogP contribution in [0.15, 0.2) is 11.6 Å². The van der Waals surface area contributed by atoms with E-state index in [9.17, 15) is 9.50 Å². The fourth-order valence-electron chi connectivity index (χ4n) is 7.41. The molecule has 23 heavy (non-hydrogen) atoms. The Labute approximate surface area is 140 Å². The smallest absolute Gasteiger partial charge is 0.118 e. The summed E-state index contributed by atoms with van der Waals surface area (Å²) in [5.74, 6) is 3.98. The van der Waals surface area contributed by atoms with Crippen molar-refractivity contribution in [1.29, 1.82) is 0 Å². The van der Waals surface area contributed by atoms with Gasteiger partial charge in [-0.1, -0.05) is 18.6 Å². The topological polar surface area (TPSA) is 20.2 Å². The predicted octanol–water partition coefficient (Wildman–Crippen LogP) is 5.29. The van der Waals surface area contributed by atoms with Gasteiger partial charge >= 0.3 is 0 Å². The minimum absolute atomic E-state index is 0.469. The number of aliphatic hydroxyl groups is 1. The third kappa shape index (κ3) is 2.34. The van der Waals surface area contributed by atoms with Gasteiger partial charge in [0.15, 0.2) is 0 Å². The fourth-order valence-corrected chi connectivity index (χ4v) is 7.41. The molecule has 1 N–H and O–H groups in total. The monoisotopic (exact) mass is 320 g/mol. The molecule has 0 aliphatic heterocycles. The molecule has 1 nitrogen and oxygen atoms in total. The minimum atomic E-state index is -0.997. The van der Waals surface area contributed by atoms with Crippen molar-refractivity contribution in [3.8, 4) is 0 Å². The van der Waals surface area contributed by atoms with Crippen LogP contribution in [0.3, 0.4) is 0 Å². The Balaban J connectivity index is 1.55. The van der Waals surface area contributed by atoms with Crippen LogP contribution in [0.25, 0.3) is 0 Å². The van der Waals surface area contributed by atoms with Gasteiger partial charge in [-0.25, -0.2) is 4.39 Å². The highest BCUT2D eigenvalue weighted by Gasteiger charge is 2.56. The standard InChI is InChI=1S/C21H33FO/c1-3-15-5-7-19-18-6-4-14-12-21(23,13-22)11-9-16(14)17(18)8-10-20(15,19)2/h3,14,16-19,23H,4-13H2,1-2H3/b15-3-/t14-,16-,17+,18+,19-,20+,21+/m0/s1. The summed E-state index contributed by atoms with van der Waals surface area (Å²) in [5.41, 5.74) is 1.19. The fraction of sp³-hybridized carbons (Fsp3) is 0.905. The van der Waals surface area contributed by atoms with E-state index in [1.165, 1.54) is 38.5 Å². The summed E-state index contributed by atoms with van der Waals surface area (Å²) < 4.78 is 13.2. The van der Waals surface area contributed by atoms with Gasteiger partial charge in [0.05, 0.1) is 5.60 Å². The molecule has 4 aliphatic carbocycles. The minimum Gasteiger partial charge on any atom is -0.387 e. The highest BCUT2D eigenvalue weighted by molar-refractivity contribution is 5.23. The molecule has 4 aliphatic rings. The van der Waals surface area contributed by atoms with Gasteiger partial charge in [-0.15, -0.1) is 0 Å². The summed E-state index contributed by atoms with van der Waals surface area (Å²) in [5, 5.41) is 10.4. The molecule has 0 saturated heterocycles. The summed E-state index contributed by atoms with van der Waals surface area (Å²) in [7, 11) is 0. The van der Waals surface area contributed by atoms with Crippen LogP contribution in [-0.4, -0.2) is 17.4 Å². The number of hydrogen-bond acceptors (Lipinski definition) is 1. The number of hydrogen-bond donors (Lipinski definition) is 1. The van der Waals surface area contributed by atoms with Gasteiger partial charge in [-0.2, -0.15) is 0 Å². The quantitative estimate of drug-likeness (QED) is 0.651. The summed E-state index contributed by atoms with van der Waals surface area (Å²) in [6, 6.07) is 0.